The van der Waals surface area contributed by atoms with Gasteiger partial charge in [0.25, 0.3) is 0 Å². The Morgan fingerprint density at radius 3 is 2.57 bits per heavy atom. The first-order chi connectivity index (χ1) is 10.0. The fourth-order valence-electron chi connectivity index (χ4n) is 2.54. The number of rotatable bonds is 5. The molecule has 0 spiro atoms. The highest BCUT2D eigenvalue weighted by molar-refractivity contribution is 5.87. The summed E-state index contributed by atoms with van der Waals surface area (Å²) in [6, 6.07) is 6.69. The Kier molecular flexibility index (Phi) is 3.47. The second kappa shape index (κ2) is 5.29. The topological polar surface area (TPSA) is 88.2 Å². The number of aromatic nitrogens is 3. The predicted molar refractivity (Wildman–Crippen MR) is 75.0 cm³/mol. The van der Waals surface area contributed by atoms with E-state index in [2.05, 4.69) is 10.3 Å². The van der Waals surface area contributed by atoms with Gasteiger partial charge in [-0.05, 0) is 37.0 Å². The van der Waals surface area contributed by atoms with E-state index in [0.29, 0.717) is 13.0 Å². The zero-order valence-corrected chi connectivity index (χ0v) is 11.6. The Morgan fingerprint density at radius 1 is 1.29 bits per heavy atom. The van der Waals surface area contributed by atoms with Crippen molar-refractivity contribution in [3.8, 4) is 0 Å². The number of hydrogen-bond donors (Lipinski definition) is 2. The molecule has 0 unspecified atom stereocenters. The van der Waals surface area contributed by atoms with Gasteiger partial charge in [0.2, 0.25) is 0 Å². The van der Waals surface area contributed by atoms with Gasteiger partial charge in [0.1, 0.15) is 0 Å². The Hall–Kier alpha value is -2.21. The summed E-state index contributed by atoms with van der Waals surface area (Å²) >= 11 is 0. The molecule has 1 aromatic heterocycles. The van der Waals surface area contributed by atoms with E-state index in [-0.39, 0.29) is 5.56 Å². The third-order valence-electron chi connectivity index (χ3n) is 3.93. The lowest BCUT2D eigenvalue weighted by Gasteiger charge is -2.35. The standard InChI is InChI=1S/C15H17N3O3/c19-14(20)12-4-2-11(3-5-12)9-18-10-13(16-17-18)8-15(21)6-1-7-15/h2-5,10,21H,1,6-9H2,(H,19,20). The molecule has 6 nitrogen and oxygen atoms in total. The molecule has 1 heterocycles. The van der Waals surface area contributed by atoms with Crippen LogP contribution in [0.15, 0.2) is 30.5 Å². The predicted octanol–water partition coefficient (Wildman–Crippen LogP) is 1.48. The van der Waals surface area contributed by atoms with E-state index in [0.717, 1.165) is 30.5 Å². The Balaban J connectivity index is 1.65. The second-order valence-corrected chi connectivity index (χ2v) is 5.66. The third-order valence-corrected chi connectivity index (χ3v) is 3.93. The van der Waals surface area contributed by atoms with Crippen molar-refractivity contribution in [1.29, 1.82) is 0 Å². The van der Waals surface area contributed by atoms with Gasteiger partial charge in [-0.15, -0.1) is 5.10 Å². The minimum Gasteiger partial charge on any atom is -0.478 e. The monoisotopic (exact) mass is 287 g/mol. The first kappa shape index (κ1) is 13.8. The van der Waals surface area contributed by atoms with Gasteiger partial charge >= 0.3 is 5.97 Å². The maximum absolute atomic E-state index is 10.8. The van der Waals surface area contributed by atoms with Gasteiger partial charge in [-0.25, -0.2) is 9.48 Å². The quantitative estimate of drug-likeness (QED) is 0.869. The maximum Gasteiger partial charge on any atom is 0.335 e. The highest BCUT2D eigenvalue weighted by atomic mass is 16.4. The first-order valence-electron chi connectivity index (χ1n) is 6.98. The summed E-state index contributed by atoms with van der Waals surface area (Å²) in [6.45, 7) is 0.533. The van der Waals surface area contributed by atoms with Gasteiger partial charge in [-0.2, -0.15) is 0 Å². The molecule has 21 heavy (non-hydrogen) atoms. The van der Waals surface area contributed by atoms with Crippen LogP contribution in [-0.4, -0.2) is 36.8 Å². The molecule has 3 rings (SSSR count). The number of hydrogen-bond acceptors (Lipinski definition) is 4. The van der Waals surface area contributed by atoms with Gasteiger partial charge in [-0.3, -0.25) is 0 Å². The van der Waals surface area contributed by atoms with Crippen LogP contribution in [0.25, 0.3) is 0 Å². The summed E-state index contributed by atoms with van der Waals surface area (Å²) in [4.78, 5) is 10.8. The Morgan fingerprint density at radius 2 is 2.00 bits per heavy atom. The van der Waals surface area contributed by atoms with Crippen molar-refractivity contribution in [2.75, 3.05) is 0 Å². The summed E-state index contributed by atoms with van der Waals surface area (Å²) in [5.41, 5.74) is 1.42. The highest BCUT2D eigenvalue weighted by Gasteiger charge is 2.35. The lowest BCUT2D eigenvalue weighted by atomic mass is 9.77. The molecule has 1 aromatic carbocycles. The molecule has 1 aliphatic rings. The second-order valence-electron chi connectivity index (χ2n) is 5.66. The number of aromatic carboxylic acids is 1. The molecule has 1 saturated carbocycles. The molecule has 1 fully saturated rings. The minimum atomic E-state index is -0.932. The van der Waals surface area contributed by atoms with Crippen molar-refractivity contribution in [2.45, 2.75) is 37.8 Å². The van der Waals surface area contributed by atoms with Crippen LogP contribution in [0.4, 0.5) is 0 Å². The number of benzene rings is 1. The summed E-state index contributed by atoms with van der Waals surface area (Å²) in [5.74, 6) is -0.932. The number of aliphatic hydroxyl groups is 1. The third kappa shape index (κ3) is 3.11. The van der Waals surface area contributed by atoms with Crippen LogP contribution in [0.1, 0.15) is 40.9 Å². The maximum atomic E-state index is 10.8. The van der Waals surface area contributed by atoms with E-state index in [4.69, 9.17) is 5.11 Å². The summed E-state index contributed by atoms with van der Waals surface area (Å²) in [7, 11) is 0. The molecular weight excluding hydrogens is 270 g/mol. The van der Waals surface area contributed by atoms with Crippen LogP contribution in [0, 0.1) is 0 Å². The van der Waals surface area contributed by atoms with Gasteiger partial charge in [-0.1, -0.05) is 17.3 Å². The van der Waals surface area contributed by atoms with E-state index in [1.165, 1.54) is 0 Å². The largest absolute Gasteiger partial charge is 0.478 e. The van der Waals surface area contributed by atoms with Crippen LogP contribution in [0.5, 0.6) is 0 Å². The van der Waals surface area contributed by atoms with Crippen LogP contribution in [-0.2, 0) is 13.0 Å². The van der Waals surface area contributed by atoms with E-state index in [1.807, 2.05) is 6.20 Å². The number of carboxylic acids is 1. The van der Waals surface area contributed by atoms with Crippen molar-refractivity contribution < 1.29 is 15.0 Å². The van der Waals surface area contributed by atoms with Crippen molar-refractivity contribution in [1.82, 2.24) is 15.0 Å². The fourth-order valence-corrected chi connectivity index (χ4v) is 2.54. The van der Waals surface area contributed by atoms with Gasteiger partial charge in [0, 0.05) is 12.6 Å². The average molecular weight is 287 g/mol. The zero-order valence-electron chi connectivity index (χ0n) is 11.6. The molecule has 1 aliphatic carbocycles. The van der Waals surface area contributed by atoms with Crippen LogP contribution in [0.2, 0.25) is 0 Å². The van der Waals surface area contributed by atoms with E-state index < -0.39 is 11.6 Å². The van der Waals surface area contributed by atoms with Gasteiger partial charge in [0.05, 0.1) is 23.4 Å². The molecule has 0 amide bonds. The van der Waals surface area contributed by atoms with E-state index in [1.54, 1.807) is 28.9 Å². The molecule has 0 saturated heterocycles. The molecule has 0 radical (unpaired) electrons. The molecule has 2 aromatic rings. The lowest BCUT2D eigenvalue weighted by molar-refractivity contribution is -0.0330. The molecule has 110 valence electrons. The lowest BCUT2D eigenvalue weighted by Crippen LogP contribution is -2.39. The van der Waals surface area contributed by atoms with Crippen molar-refractivity contribution in [2.24, 2.45) is 0 Å². The Labute approximate surface area is 122 Å². The van der Waals surface area contributed by atoms with E-state index >= 15 is 0 Å². The molecule has 0 aliphatic heterocycles. The van der Waals surface area contributed by atoms with Crippen LogP contribution >= 0.6 is 0 Å². The van der Waals surface area contributed by atoms with E-state index in [9.17, 15) is 9.90 Å². The minimum absolute atomic E-state index is 0.269. The number of nitrogens with zero attached hydrogens (tertiary/aromatic N) is 3. The highest BCUT2D eigenvalue weighted by Crippen LogP contribution is 2.34. The van der Waals surface area contributed by atoms with Crippen molar-refractivity contribution in [3.05, 3.63) is 47.3 Å². The SMILES string of the molecule is O=C(O)c1ccc(Cn2cc(CC3(O)CCC3)nn2)cc1. The smallest absolute Gasteiger partial charge is 0.335 e. The zero-order chi connectivity index (χ0) is 14.9. The first-order valence-corrected chi connectivity index (χ1v) is 6.98. The molecule has 6 heteroatoms. The normalized spacial score (nSPS) is 16.4. The Bertz CT molecular complexity index is 644. The van der Waals surface area contributed by atoms with Crippen molar-refractivity contribution >= 4 is 5.97 Å². The van der Waals surface area contributed by atoms with Gasteiger partial charge < -0.3 is 10.2 Å². The summed E-state index contributed by atoms with van der Waals surface area (Å²) in [6.07, 6.45) is 5.11. The molecule has 2 N–H and O–H groups in total. The molecular formula is C15H17N3O3. The summed E-state index contributed by atoms with van der Waals surface area (Å²) < 4.78 is 1.70. The van der Waals surface area contributed by atoms with Crippen molar-refractivity contribution in [3.63, 3.8) is 0 Å². The average Bonchev–Trinajstić information content (AvgIpc) is 2.84. The summed E-state index contributed by atoms with van der Waals surface area (Å²) in [5, 5.41) is 27.1. The van der Waals surface area contributed by atoms with Crippen LogP contribution in [0.3, 0.4) is 0 Å². The molecule has 0 atom stereocenters. The number of carboxylic acid groups (broad SMARTS) is 1. The van der Waals surface area contributed by atoms with Gasteiger partial charge in [0.15, 0.2) is 0 Å². The fraction of sp³-hybridized carbons (Fsp3) is 0.400. The van der Waals surface area contributed by atoms with Crippen LogP contribution < -0.4 is 0 Å². The molecule has 0 bridgehead atoms. The number of carbonyl (C=O) groups is 1.